The number of hydrogen-bond donors (Lipinski definition) is 3. The van der Waals surface area contributed by atoms with E-state index in [4.69, 9.17) is 34.8 Å². The van der Waals surface area contributed by atoms with Crippen LogP contribution in [0, 0.1) is 11.3 Å². The highest BCUT2D eigenvalue weighted by Crippen LogP contribution is 2.14. The summed E-state index contributed by atoms with van der Waals surface area (Å²) in [6.45, 7) is 1.70. The number of halogens is 1. The lowest BCUT2D eigenvalue weighted by atomic mass is 10.2. The molecule has 1 rings (SSSR count). The molecule has 0 atom stereocenters. The monoisotopic (exact) mass is 266 g/mol. The molecule has 0 bridgehead atoms. The first-order valence-electron chi connectivity index (χ1n) is 4.73. The van der Waals surface area contributed by atoms with E-state index in [1.807, 2.05) is 18.2 Å². The fourth-order valence-corrected chi connectivity index (χ4v) is 1.51. The van der Waals surface area contributed by atoms with Crippen LogP contribution in [0.5, 0.6) is 0 Å². The zero-order valence-corrected chi connectivity index (χ0v) is 10.7. The molecule has 0 aromatic heterocycles. The first kappa shape index (κ1) is 13.3. The van der Waals surface area contributed by atoms with Crippen LogP contribution in [0.1, 0.15) is 6.92 Å². The van der Waals surface area contributed by atoms with Crippen LogP contribution in [0.3, 0.4) is 0 Å². The van der Waals surface area contributed by atoms with Gasteiger partial charge in [-0.15, -0.1) is 0 Å². The molecule has 1 aromatic rings. The molecular weight excluding hydrogens is 256 g/mol. The van der Waals surface area contributed by atoms with Crippen molar-refractivity contribution < 1.29 is 0 Å². The second-order valence-electron chi connectivity index (χ2n) is 3.24. The summed E-state index contributed by atoms with van der Waals surface area (Å²) in [7, 11) is 0. The third-order valence-corrected chi connectivity index (χ3v) is 2.39. The number of hydrazine groups is 1. The van der Waals surface area contributed by atoms with E-state index in [1.54, 1.807) is 19.1 Å². The lowest BCUT2D eigenvalue weighted by molar-refractivity contribution is 0.955. The normalized spacial score (nSPS) is 11.1. The summed E-state index contributed by atoms with van der Waals surface area (Å²) in [5, 5.41) is 9.46. The van der Waals surface area contributed by atoms with E-state index in [9.17, 15) is 0 Å². The molecular formula is C11H11ClN4S. The van der Waals surface area contributed by atoms with Crippen molar-refractivity contribution in [2.24, 2.45) is 5.73 Å². The zero-order chi connectivity index (χ0) is 12.8. The molecule has 1 aromatic carbocycles. The molecule has 0 unspecified atom stereocenters. The lowest BCUT2D eigenvalue weighted by Crippen LogP contribution is -2.24. The third kappa shape index (κ3) is 3.94. The van der Waals surface area contributed by atoms with E-state index in [0.29, 0.717) is 10.7 Å². The Hall–Kier alpha value is -1.77. The molecule has 0 amide bonds. The lowest BCUT2D eigenvalue weighted by Gasteiger charge is -2.11. The van der Waals surface area contributed by atoms with Crippen molar-refractivity contribution in [3.63, 3.8) is 0 Å². The summed E-state index contributed by atoms with van der Waals surface area (Å²) in [6, 6.07) is 9.09. The van der Waals surface area contributed by atoms with Crippen molar-refractivity contribution in [1.29, 1.82) is 5.26 Å². The van der Waals surface area contributed by atoms with Gasteiger partial charge in [0.05, 0.1) is 5.69 Å². The highest BCUT2D eigenvalue weighted by atomic mass is 35.5. The van der Waals surface area contributed by atoms with Crippen molar-refractivity contribution in [2.45, 2.75) is 6.92 Å². The standard InChI is InChI=1S/C11H11ClN4S/c1-7(10(6-13)11(14)17)15-16-9-4-2-3-8(12)5-9/h2-5,15-16H,1H3,(H2,14,17)/b10-7+. The van der Waals surface area contributed by atoms with Crippen LogP contribution in [0.15, 0.2) is 35.5 Å². The van der Waals surface area contributed by atoms with Gasteiger partial charge in [-0.2, -0.15) is 5.26 Å². The third-order valence-electron chi connectivity index (χ3n) is 1.95. The number of nitrogens with one attached hydrogen (secondary N) is 2. The summed E-state index contributed by atoms with van der Waals surface area (Å²) in [5.74, 6) is 0. The molecule has 0 aliphatic carbocycles. The molecule has 88 valence electrons. The predicted octanol–water partition coefficient (Wildman–Crippen LogP) is 2.34. The number of nitrogens with zero attached hydrogens (tertiary/aromatic N) is 1. The Morgan fingerprint density at radius 1 is 1.53 bits per heavy atom. The van der Waals surface area contributed by atoms with Crippen LogP contribution in [0.25, 0.3) is 0 Å². The number of nitrogens with two attached hydrogens (primary N) is 1. The molecule has 0 saturated carbocycles. The Kier molecular flexibility index (Phi) is 4.76. The Morgan fingerprint density at radius 2 is 2.24 bits per heavy atom. The van der Waals surface area contributed by atoms with Crippen LogP contribution in [-0.4, -0.2) is 4.99 Å². The topological polar surface area (TPSA) is 73.9 Å². The van der Waals surface area contributed by atoms with Crippen molar-refractivity contribution in [3.05, 3.63) is 40.6 Å². The van der Waals surface area contributed by atoms with Crippen molar-refractivity contribution >= 4 is 34.5 Å². The minimum Gasteiger partial charge on any atom is -0.389 e. The zero-order valence-electron chi connectivity index (χ0n) is 9.12. The average Bonchev–Trinajstić information content (AvgIpc) is 2.27. The van der Waals surface area contributed by atoms with E-state index >= 15 is 0 Å². The van der Waals surface area contributed by atoms with Crippen molar-refractivity contribution in [1.82, 2.24) is 5.43 Å². The highest BCUT2D eigenvalue weighted by molar-refractivity contribution is 7.80. The van der Waals surface area contributed by atoms with Gasteiger partial charge in [0.2, 0.25) is 0 Å². The van der Waals surface area contributed by atoms with Crippen LogP contribution in [0.4, 0.5) is 5.69 Å². The van der Waals surface area contributed by atoms with Gasteiger partial charge in [0.1, 0.15) is 16.6 Å². The maximum absolute atomic E-state index is 8.84. The van der Waals surface area contributed by atoms with Gasteiger partial charge >= 0.3 is 0 Å². The number of nitriles is 1. The van der Waals surface area contributed by atoms with Crippen LogP contribution in [0.2, 0.25) is 5.02 Å². The second kappa shape index (κ2) is 6.09. The van der Waals surface area contributed by atoms with Gasteiger partial charge in [0, 0.05) is 10.7 Å². The number of thiocarbonyl (C=S) groups is 1. The first-order chi connectivity index (χ1) is 8.04. The maximum atomic E-state index is 8.84. The largest absolute Gasteiger partial charge is 0.389 e. The fourth-order valence-electron chi connectivity index (χ4n) is 1.12. The summed E-state index contributed by atoms with van der Waals surface area (Å²) in [4.78, 5) is 0.0606. The number of anilines is 1. The molecule has 0 saturated heterocycles. The van der Waals surface area contributed by atoms with Crippen LogP contribution < -0.4 is 16.6 Å². The van der Waals surface area contributed by atoms with Gasteiger partial charge in [-0.1, -0.05) is 29.9 Å². The van der Waals surface area contributed by atoms with E-state index in [-0.39, 0.29) is 10.6 Å². The van der Waals surface area contributed by atoms with Crippen LogP contribution >= 0.6 is 23.8 Å². The summed E-state index contributed by atoms with van der Waals surface area (Å²) >= 11 is 10.6. The average molecular weight is 267 g/mol. The minimum atomic E-state index is 0.0606. The van der Waals surface area contributed by atoms with Gasteiger partial charge in [-0.25, -0.2) is 0 Å². The van der Waals surface area contributed by atoms with Crippen molar-refractivity contribution in [3.8, 4) is 6.07 Å². The van der Waals surface area contributed by atoms with Gasteiger partial charge in [-0.3, -0.25) is 0 Å². The molecule has 0 fully saturated rings. The summed E-state index contributed by atoms with van der Waals surface area (Å²) in [5.41, 5.74) is 12.7. The fraction of sp³-hybridized carbons (Fsp3) is 0.0909. The molecule has 0 aliphatic rings. The Labute approximate surface area is 110 Å². The predicted molar refractivity (Wildman–Crippen MR) is 73.3 cm³/mol. The molecule has 4 N–H and O–H groups in total. The Bertz CT molecular complexity index is 504. The SMILES string of the molecule is C/C(NNc1cccc(Cl)c1)=C(/C#N)C(N)=S. The van der Waals surface area contributed by atoms with Gasteiger partial charge in [-0.05, 0) is 25.1 Å². The van der Waals surface area contributed by atoms with Crippen molar-refractivity contribution in [2.75, 3.05) is 5.43 Å². The number of hydrogen-bond acceptors (Lipinski definition) is 4. The summed E-state index contributed by atoms with van der Waals surface area (Å²) < 4.78 is 0. The van der Waals surface area contributed by atoms with Gasteiger partial charge < -0.3 is 16.6 Å². The molecule has 4 nitrogen and oxygen atoms in total. The molecule has 0 heterocycles. The molecule has 6 heteroatoms. The van der Waals surface area contributed by atoms with Crippen LogP contribution in [-0.2, 0) is 0 Å². The molecule has 0 radical (unpaired) electrons. The van der Waals surface area contributed by atoms with Gasteiger partial charge in [0.25, 0.3) is 0 Å². The maximum Gasteiger partial charge on any atom is 0.116 e. The van der Waals surface area contributed by atoms with Gasteiger partial charge in [0.15, 0.2) is 0 Å². The number of benzene rings is 1. The minimum absolute atomic E-state index is 0.0606. The second-order valence-corrected chi connectivity index (χ2v) is 4.11. The van der Waals surface area contributed by atoms with E-state index in [0.717, 1.165) is 5.69 Å². The van der Waals surface area contributed by atoms with E-state index in [2.05, 4.69) is 10.9 Å². The highest BCUT2D eigenvalue weighted by Gasteiger charge is 2.04. The number of rotatable bonds is 4. The summed E-state index contributed by atoms with van der Waals surface area (Å²) in [6.07, 6.45) is 0. The quantitative estimate of drug-likeness (QED) is 0.338. The number of allylic oxidation sites excluding steroid dienone is 1. The molecule has 0 aliphatic heterocycles. The molecule has 0 spiro atoms. The van der Waals surface area contributed by atoms with E-state index < -0.39 is 0 Å². The molecule has 17 heavy (non-hydrogen) atoms. The Morgan fingerprint density at radius 3 is 2.76 bits per heavy atom. The smallest absolute Gasteiger partial charge is 0.116 e. The first-order valence-corrected chi connectivity index (χ1v) is 5.51. The Balaban J connectivity index is 2.75. The van der Waals surface area contributed by atoms with E-state index in [1.165, 1.54) is 0 Å².